The lowest BCUT2D eigenvalue weighted by Crippen LogP contribution is -2.67. The summed E-state index contributed by atoms with van der Waals surface area (Å²) in [6.07, 6.45) is -29.8. The van der Waals surface area contributed by atoms with Gasteiger partial charge in [0.25, 0.3) is 0 Å². The van der Waals surface area contributed by atoms with E-state index in [1.165, 1.54) is 20.8 Å². The predicted molar refractivity (Wildman–Crippen MR) is 280 cm³/mol. The maximum absolute atomic E-state index is 12.3. The van der Waals surface area contributed by atoms with Crippen molar-refractivity contribution in [1.82, 2.24) is 0 Å². The lowest BCUT2D eigenvalue weighted by molar-refractivity contribution is -0.394. The van der Waals surface area contributed by atoms with Crippen LogP contribution in [-0.2, 0) is 52.1 Å². The molecule has 4 saturated carbocycles. The number of fused-ring (bicyclic) bond motifs is 7. The number of hydrogen-bond donors (Lipinski definition) is 15. The van der Waals surface area contributed by atoms with Gasteiger partial charge >= 0.3 is 0 Å². The second-order valence-corrected chi connectivity index (χ2v) is 27.0. The molecule has 10 fully saturated rings. The first-order valence-electron chi connectivity index (χ1n) is 30.5. The third-order valence-electron chi connectivity index (χ3n) is 22.1. The average Bonchev–Trinajstić information content (AvgIpc) is 2.29. The topological polar surface area (TPSA) is 405 Å². The number of aliphatic hydroxyl groups excluding tert-OH is 14. The van der Waals surface area contributed by atoms with Crippen LogP contribution in [0.15, 0.2) is 0 Å². The number of hydrogen-bond acceptors (Lipinski definition) is 26. The standard InChI is InChI=1S/C57H96O26/c1-21(20-73-50-42(67)40(65)37(62)32(18-58)78-50)10-15-57(72)22(2)34-31(83-57)17-30-28-9-8-26-16-27(11-13-55(26,6)29(28)12-14-56(30,34)7)77-54-49(82-52-44(69)39(64)36(61)24(4)75-52)46(71)48(33(19-59)79-54)81-53-45(70)41(66)47(25(5)76-53)80-51-43(68)38(63)35(60)23(3)74-51/h21-54,58-72H,8-20H2,1-7H3/t21-,22-,23-,24-,25-,26+,27-,28+,29-,30-,31-,32+,33+,34-,35-,36-,37+,38+,39+,40-,41-,42+,43+,44+,45+,46-,47-,48+,49+,50+,51-,52-,53-,54+,55-,56-,57+/m0/s1. The van der Waals surface area contributed by atoms with Crippen LogP contribution in [0.5, 0.6) is 0 Å². The molecule has 6 aliphatic heterocycles. The maximum Gasteiger partial charge on any atom is 0.187 e. The second kappa shape index (κ2) is 25.3. The molecular formula is C57H96O26. The van der Waals surface area contributed by atoms with Gasteiger partial charge in [-0.3, -0.25) is 0 Å². The van der Waals surface area contributed by atoms with Gasteiger partial charge in [-0.25, -0.2) is 0 Å². The zero-order valence-corrected chi connectivity index (χ0v) is 48.5. The zero-order chi connectivity index (χ0) is 60.1. The Bertz CT molecular complexity index is 2140. The summed E-state index contributed by atoms with van der Waals surface area (Å²) >= 11 is 0. The molecule has 26 nitrogen and oxygen atoms in total. The zero-order valence-electron chi connectivity index (χ0n) is 48.5. The summed E-state index contributed by atoms with van der Waals surface area (Å²) in [5, 5.41) is 162. The highest BCUT2D eigenvalue weighted by Crippen LogP contribution is 2.71. The first kappa shape index (κ1) is 64.9. The van der Waals surface area contributed by atoms with Crippen LogP contribution in [-0.4, -0.2) is 268 Å². The van der Waals surface area contributed by atoms with Gasteiger partial charge in [0.2, 0.25) is 0 Å². The molecule has 6 saturated heterocycles. The summed E-state index contributed by atoms with van der Waals surface area (Å²) in [7, 11) is 0. The molecule has 37 atom stereocenters. The third kappa shape index (κ3) is 11.9. The minimum Gasteiger partial charge on any atom is -0.394 e. The predicted octanol–water partition coefficient (Wildman–Crippen LogP) is -3.05. The van der Waals surface area contributed by atoms with Crippen LogP contribution < -0.4 is 0 Å². The van der Waals surface area contributed by atoms with Crippen molar-refractivity contribution in [3.8, 4) is 0 Å². The van der Waals surface area contributed by atoms with E-state index in [4.69, 9.17) is 52.1 Å². The van der Waals surface area contributed by atoms with Crippen molar-refractivity contribution < 1.29 is 129 Å². The van der Waals surface area contributed by atoms with Crippen molar-refractivity contribution in [3.63, 3.8) is 0 Å². The van der Waals surface area contributed by atoms with Crippen LogP contribution in [0.25, 0.3) is 0 Å². The van der Waals surface area contributed by atoms with Crippen LogP contribution in [0.1, 0.15) is 113 Å². The SMILES string of the molecule is C[C@@H](CC[C@@]1(O)O[C@H]2C[C@H]3[C@@H]4CC[C@@H]5C[C@@H](O[C@@H]6O[C@H](CO)[C@@H](O[C@@H]7O[C@@H](C)[C@H](O[C@@H]8O[C@@H](C)[C@H](O)[C@@H](O)[C@H]8O)[C@@H](O)[C@H]7O)[C@H](O)[C@H]6O[C@@H]6O[C@@H](C)[C@H](O)[C@@H](O)[C@H]6O)CC[C@]5(C)[C@H]4CC[C@]3(C)[C@H]2[C@@H]1C)CO[C@@H]1O[C@H](CO)[C@@H](O)[C@H](O)[C@H]1O. The van der Waals surface area contributed by atoms with Crippen molar-refractivity contribution in [3.05, 3.63) is 0 Å². The summed E-state index contributed by atoms with van der Waals surface area (Å²) in [4.78, 5) is 0. The molecule has 0 radical (unpaired) electrons. The largest absolute Gasteiger partial charge is 0.394 e. The molecule has 0 bridgehead atoms. The Kier molecular flexibility index (Phi) is 19.8. The molecule has 10 aliphatic rings. The van der Waals surface area contributed by atoms with Crippen LogP contribution in [0.2, 0.25) is 0 Å². The van der Waals surface area contributed by atoms with E-state index in [9.17, 15) is 76.6 Å². The van der Waals surface area contributed by atoms with E-state index in [1.807, 2.05) is 6.92 Å². The van der Waals surface area contributed by atoms with Crippen molar-refractivity contribution in [2.75, 3.05) is 19.8 Å². The van der Waals surface area contributed by atoms with Gasteiger partial charge in [0.15, 0.2) is 37.2 Å². The van der Waals surface area contributed by atoms with Crippen LogP contribution in [0.4, 0.5) is 0 Å². The van der Waals surface area contributed by atoms with Gasteiger partial charge in [-0.1, -0.05) is 27.7 Å². The van der Waals surface area contributed by atoms with Crippen molar-refractivity contribution in [1.29, 1.82) is 0 Å². The lowest BCUT2D eigenvalue weighted by atomic mass is 9.44. The molecule has 10 rings (SSSR count). The van der Waals surface area contributed by atoms with Crippen molar-refractivity contribution >= 4 is 0 Å². The molecule has 26 heteroatoms. The van der Waals surface area contributed by atoms with E-state index in [1.54, 1.807) is 0 Å². The molecule has 0 aromatic rings. The lowest BCUT2D eigenvalue weighted by Gasteiger charge is -2.61. The molecule has 0 spiro atoms. The molecular weight excluding hydrogens is 1100 g/mol. The monoisotopic (exact) mass is 1200 g/mol. The Morgan fingerprint density at radius 1 is 0.494 bits per heavy atom. The fraction of sp³-hybridized carbons (Fsp3) is 1.00. The van der Waals surface area contributed by atoms with Gasteiger partial charge in [0.1, 0.15) is 104 Å². The summed E-state index contributed by atoms with van der Waals surface area (Å²) in [5.74, 6) is 0.0826. The van der Waals surface area contributed by atoms with Gasteiger partial charge in [0.05, 0.1) is 50.3 Å². The third-order valence-corrected chi connectivity index (χ3v) is 22.1. The summed E-state index contributed by atoms with van der Waals surface area (Å²) in [5.41, 5.74) is -0.0955. The van der Waals surface area contributed by atoms with Crippen molar-refractivity contribution in [2.45, 2.75) is 284 Å². The highest BCUT2D eigenvalue weighted by molar-refractivity contribution is 5.15. The Balaban J connectivity index is 0.773. The van der Waals surface area contributed by atoms with E-state index < -0.39 is 179 Å². The maximum atomic E-state index is 12.3. The Labute approximate surface area is 483 Å². The molecule has 0 aromatic heterocycles. The fourth-order valence-corrected chi connectivity index (χ4v) is 17.0. The van der Waals surface area contributed by atoms with E-state index >= 15 is 0 Å². The first-order valence-corrected chi connectivity index (χ1v) is 30.5. The van der Waals surface area contributed by atoms with E-state index in [2.05, 4.69) is 20.8 Å². The molecule has 83 heavy (non-hydrogen) atoms. The van der Waals surface area contributed by atoms with Gasteiger partial charge < -0.3 is 129 Å². The second-order valence-electron chi connectivity index (χ2n) is 27.0. The minimum atomic E-state index is -1.88. The number of ether oxygens (including phenoxy) is 11. The highest BCUT2D eigenvalue weighted by Gasteiger charge is 2.69. The van der Waals surface area contributed by atoms with Gasteiger partial charge in [-0.05, 0) is 125 Å². The molecule has 4 aliphatic carbocycles. The average molecular weight is 1200 g/mol. The normalized spacial score (nSPS) is 56.8. The highest BCUT2D eigenvalue weighted by atomic mass is 16.8. The van der Waals surface area contributed by atoms with Crippen LogP contribution >= 0.6 is 0 Å². The summed E-state index contributed by atoms with van der Waals surface area (Å²) < 4.78 is 66.8. The van der Waals surface area contributed by atoms with E-state index in [-0.39, 0.29) is 47.2 Å². The fourth-order valence-electron chi connectivity index (χ4n) is 17.0. The van der Waals surface area contributed by atoms with Gasteiger partial charge in [-0.15, -0.1) is 0 Å². The quantitative estimate of drug-likeness (QED) is 0.0683. The van der Waals surface area contributed by atoms with Crippen molar-refractivity contribution in [2.24, 2.45) is 52.3 Å². The molecule has 6 heterocycles. The Morgan fingerprint density at radius 3 is 1.66 bits per heavy atom. The van der Waals surface area contributed by atoms with E-state index in [0.717, 1.165) is 38.5 Å². The molecule has 480 valence electrons. The van der Waals surface area contributed by atoms with Gasteiger partial charge in [-0.2, -0.15) is 0 Å². The number of aliphatic hydroxyl groups is 15. The molecule has 0 amide bonds. The van der Waals surface area contributed by atoms with Crippen LogP contribution in [0.3, 0.4) is 0 Å². The minimum absolute atomic E-state index is 0.0383. The molecule has 0 aromatic carbocycles. The molecule has 0 unspecified atom stereocenters. The Morgan fingerprint density at radius 2 is 1.04 bits per heavy atom. The Hall–Kier alpha value is -1.04. The summed E-state index contributed by atoms with van der Waals surface area (Å²) in [6, 6.07) is 0. The van der Waals surface area contributed by atoms with E-state index in [0.29, 0.717) is 43.4 Å². The number of rotatable bonds is 16. The first-order chi connectivity index (χ1) is 39.2. The van der Waals surface area contributed by atoms with Crippen LogP contribution in [0, 0.1) is 52.3 Å². The smallest absolute Gasteiger partial charge is 0.187 e. The molecule has 15 N–H and O–H groups in total. The summed E-state index contributed by atoms with van der Waals surface area (Å²) in [6.45, 7) is 12.1. The van der Waals surface area contributed by atoms with Gasteiger partial charge in [0, 0.05) is 12.3 Å².